The van der Waals surface area contributed by atoms with Crippen LogP contribution >= 0.6 is 0 Å². The van der Waals surface area contributed by atoms with Crippen molar-refractivity contribution in [2.24, 2.45) is 0 Å². The monoisotopic (exact) mass is 300 g/mol. The van der Waals surface area contributed by atoms with E-state index in [4.69, 9.17) is 0 Å². The fraction of sp³-hybridized carbons (Fsp3) is 0.556. The van der Waals surface area contributed by atoms with E-state index in [1.54, 1.807) is 0 Å². The van der Waals surface area contributed by atoms with E-state index in [1.807, 2.05) is 6.20 Å². The average Bonchev–Trinajstić information content (AvgIpc) is 2.82. The van der Waals surface area contributed by atoms with Gasteiger partial charge in [-0.1, -0.05) is 19.9 Å². The molecule has 0 bridgehead atoms. The molecule has 4 nitrogen and oxygen atoms in total. The Kier molecular flexibility index (Phi) is 5.72. The summed E-state index contributed by atoms with van der Waals surface area (Å²) >= 11 is 0. The maximum Gasteiger partial charge on any atom is 0.0641 e. The molecule has 0 amide bonds. The van der Waals surface area contributed by atoms with Gasteiger partial charge in [0.1, 0.15) is 0 Å². The van der Waals surface area contributed by atoms with Gasteiger partial charge in [-0.05, 0) is 45.4 Å². The second-order valence-corrected chi connectivity index (χ2v) is 5.78. The summed E-state index contributed by atoms with van der Waals surface area (Å²) < 4.78 is 2.09. The van der Waals surface area contributed by atoms with Crippen LogP contribution in [0, 0.1) is 13.8 Å². The number of rotatable bonds is 7. The number of hydrogen-bond acceptors (Lipinski definition) is 3. The molecule has 4 heteroatoms. The van der Waals surface area contributed by atoms with E-state index in [9.17, 15) is 0 Å². The molecule has 2 heterocycles. The SMILES string of the molecule is CCc1ccc(CN(CC)Cc2c(C)nn(CC)c2C)nc1. The lowest BCUT2D eigenvalue weighted by atomic mass is 10.1. The van der Waals surface area contributed by atoms with Crippen LogP contribution in [0.2, 0.25) is 0 Å². The minimum Gasteiger partial charge on any atom is -0.293 e. The van der Waals surface area contributed by atoms with E-state index in [-0.39, 0.29) is 0 Å². The van der Waals surface area contributed by atoms with Crippen LogP contribution in [0.25, 0.3) is 0 Å². The normalized spacial score (nSPS) is 11.4. The van der Waals surface area contributed by atoms with E-state index < -0.39 is 0 Å². The third-order valence-corrected chi connectivity index (χ3v) is 4.34. The highest BCUT2D eigenvalue weighted by atomic mass is 15.3. The number of aromatic nitrogens is 3. The lowest BCUT2D eigenvalue weighted by molar-refractivity contribution is 0.267. The van der Waals surface area contributed by atoms with E-state index >= 15 is 0 Å². The molecule has 0 aromatic carbocycles. The zero-order chi connectivity index (χ0) is 16.1. The Morgan fingerprint density at radius 3 is 2.36 bits per heavy atom. The molecule has 0 atom stereocenters. The van der Waals surface area contributed by atoms with Gasteiger partial charge < -0.3 is 0 Å². The third kappa shape index (κ3) is 3.74. The fourth-order valence-electron chi connectivity index (χ4n) is 2.76. The average molecular weight is 300 g/mol. The molecular weight excluding hydrogens is 272 g/mol. The van der Waals surface area contributed by atoms with Crippen LogP contribution in [0.1, 0.15) is 49.0 Å². The van der Waals surface area contributed by atoms with E-state index in [2.05, 4.69) is 66.4 Å². The summed E-state index contributed by atoms with van der Waals surface area (Å²) in [6, 6.07) is 4.33. The van der Waals surface area contributed by atoms with E-state index in [0.29, 0.717) is 0 Å². The standard InChI is InChI=1S/C18H28N4/c1-6-16-9-10-17(19-11-16)12-21(7-2)13-18-14(4)20-22(8-3)15(18)5/h9-11H,6-8,12-13H2,1-5H3. The second kappa shape index (κ2) is 7.54. The molecule has 0 unspecified atom stereocenters. The smallest absolute Gasteiger partial charge is 0.0641 e. The zero-order valence-electron chi connectivity index (χ0n) is 14.6. The van der Waals surface area contributed by atoms with Gasteiger partial charge in [-0.2, -0.15) is 5.10 Å². The molecule has 2 aromatic heterocycles. The van der Waals surface area contributed by atoms with E-state index in [0.717, 1.165) is 44.0 Å². The number of aryl methyl sites for hydroxylation is 3. The first-order chi connectivity index (χ1) is 10.6. The molecule has 0 aliphatic heterocycles. The molecule has 0 aliphatic carbocycles. The molecule has 0 spiro atoms. The van der Waals surface area contributed by atoms with Gasteiger partial charge in [0.2, 0.25) is 0 Å². The summed E-state index contributed by atoms with van der Waals surface area (Å²) in [5, 5.41) is 4.62. The Balaban J connectivity index is 2.10. The van der Waals surface area contributed by atoms with Gasteiger partial charge in [-0.3, -0.25) is 14.6 Å². The van der Waals surface area contributed by atoms with Crippen molar-refractivity contribution in [2.75, 3.05) is 6.54 Å². The fourth-order valence-corrected chi connectivity index (χ4v) is 2.76. The topological polar surface area (TPSA) is 34.0 Å². The van der Waals surface area contributed by atoms with Crippen LogP contribution in [0.5, 0.6) is 0 Å². The Bertz CT molecular complexity index is 598. The molecular formula is C18H28N4. The van der Waals surface area contributed by atoms with Gasteiger partial charge in [0.25, 0.3) is 0 Å². The Hall–Kier alpha value is -1.68. The molecule has 0 aliphatic rings. The van der Waals surface area contributed by atoms with Gasteiger partial charge in [0.05, 0.1) is 11.4 Å². The molecule has 2 aromatic rings. The summed E-state index contributed by atoms with van der Waals surface area (Å²) in [5.41, 5.74) is 6.22. The van der Waals surface area contributed by atoms with Crippen molar-refractivity contribution in [3.8, 4) is 0 Å². The highest BCUT2D eigenvalue weighted by Crippen LogP contribution is 2.17. The first-order valence-corrected chi connectivity index (χ1v) is 8.28. The highest BCUT2D eigenvalue weighted by Gasteiger charge is 2.14. The first kappa shape index (κ1) is 16.7. The zero-order valence-corrected chi connectivity index (χ0v) is 14.6. The molecule has 0 saturated carbocycles. The largest absolute Gasteiger partial charge is 0.293 e. The van der Waals surface area contributed by atoms with Crippen molar-refractivity contribution < 1.29 is 0 Å². The minimum absolute atomic E-state index is 0.886. The number of pyridine rings is 1. The lowest BCUT2D eigenvalue weighted by Crippen LogP contribution is -2.23. The van der Waals surface area contributed by atoms with Crippen LogP contribution < -0.4 is 0 Å². The van der Waals surface area contributed by atoms with Gasteiger partial charge in [-0.25, -0.2) is 0 Å². The third-order valence-electron chi connectivity index (χ3n) is 4.34. The van der Waals surface area contributed by atoms with Gasteiger partial charge in [-0.15, -0.1) is 0 Å². The van der Waals surface area contributed by atoms with Crippen molar-refractivity contribution in [3.05, 3.63) is 46.5 Å². The summed E-state index contributed by atoms with van der Waals surface area (Å²) in [6.45, 7) is 14.5. The first-order valence-electron chi connectivity index (χ1n) is 8.28. The second-order valence-electron chi connectivity index (χ2n) is 5.78. The van der Waals surface area contributed by atoms with Crippen molar-refractivity contribution >= 4 is 0 Å². The quantitative estimate of drug-likeness (QED) is 0.785. The lowest BCUT2D eigenvalue weighted by Gasteiger charge is -2.20. The van der Waals surface area contributed by atoms with Crippen molar-refractivity contribution in [2.45, 2.75) is 60.7 Å². The molecule has 0 saturated heterocycles. The summed E-state index contributed by atoms with van der Waals surface area (Å²) in [7, 11) is 0. The van der Waals surface area contributed by atoms with Crippen molar-refractivity contribution in [1.29, 1.82) is 0 Å². The summed E-state index contributed by atoms with van der Waals surface area (Å²) in [4.78, 5) is 7.00. The molecule has 120 valence electrons. The molecule has 0 radical (unpaired) electrons. The maximum absolute atomic E-state index is 4.62. The Labute approximate surface area is 134 Å². The summed E-state index contributed by atoms with van der Waals surface area (Å²) in [6.07, 6.45) is 3.04. The molecule has 22 heavy (non-hydrogen) atoms. The maximum atomic E-state index is 4.62. The Morgan fingerprint density at radius 1 is 1.09 bits per heavy atom. The highest BCUT2D eigenvalue weighted by molar-refractivity contribution is 5.24. The van der Waals surface area contributed by atoms with Crippen molar-refractivity contribution in [1.82, 2.24) is 19.7 Å². The van der Waals surface area contributed by atoms with Crippen LogP contribution in [-0.4, -0.2) is 26.2 Å². The van der Waals surface area contributed by atoms with Gasteiger partial charge in [0, 0.05) is 37.1 Å². The van der Waals surface area contributed by atoms with Crippen LogP contribution in [0.3, 0.4) is 0 Å². The van der Waals surface area contributed by atoms with Crippen LogP contribution in [0.4, 0.5) is 0 Å². The van der Waals surface area contributed by atoms with Crippen molar-refractivity contribution in [3.63, 3.8) is 0 Å². The van der Waals surface area contributed by atoms with Crippen LogP contribution in [0.15, 0.2) is 18.3 Å². The number of hydrogen-bond donors (Lipinski definition) is 0. The molecule has 0 fully saturated rings. The summed E-state index contributed by atoms with van der Waals surface area (Å²) in [5.74, 6) is 0. The predicted octanol–water partition coefficient (Wildman–Crippen LogP) is 3.50. The predicted molar refractivity (Wildman–Crippen MR) is 90.8 cm³/mol. The van der Waals surface area contributed by atoms with Crippen LogP contribution in [-0.2, 0) is 26.1 Å². The molecule has 0 N–H and O–H groups in total. The minimum atomic E-state index is 0.886. The Morgan fingerprint density at radius 2 is 1.86 bits per heavy atom. The van der Waals surface area contributed by atoms with E-state index in [1.165, 1.54) is 16.8 Å². The van der Waals surface area contributed by atoms with Gasteiger partial charge in [0.15, 0.2) is 0 Å². The molecule has 2 rings (SSSR count). The van der Waals surface area contributed by atoms with Gasteiger partial charge >= 0.3 is 0 Å². The number of nitrogens with zero attached hydrogens (tertiary/aromatic N) is 4.